The van der Waals surface area contributed by atoms with Crippen molar-refractivity contribution in [1.82, 2.24) is 20.4 Å². The van der Waals surface area contributed by atoms with Crippen molar-refractivity contribution < 1.29 is 17.9 Å². The van der Waals surface area contributed by atoms with E-state index < -0.39 is 12.8 Å². The van der Waals surface area contributed by atoms with E-state index in [1.807, 2.05) is 32.5 Å². The Balaban J connectivity index is 2.33. The van der Waals surface area contributed by atoms with Crippen molar-refractivity contribution in [2.75, 3.05) is 26.8 Å². The second kappa shape index (κ2) is 9.65. The van der Waals surface area contributed by atoms with Crippen LogP contribution in [0.15, 0.2) is 4.99 Å². The van der Waals surface area contributed by atoms with Crippen LogP contribution in [0.25, 0.3) is 0 Å². The number of aromatic nitrogens is 2. The van der Waals surface area contributed by atoms with Crippen LogP contribution in [0.5, 0.6) is 0 Å². The maximum Gasteiger partial charge on any atom is 0.411 e. The third-order valence-electron chi connectivity index (χ3n) is 3.80. The number of alkyl halides is 3. The van der Waals surface area contributed by atoms with E-state index in [1.54, 1.807) is 7.05 Å². The molecule has 0 spiro atoms. The molecular formula is C16H28F3N5O. The minimum absolute atomic E-state index is 0.0487. The van der Waals surface area contributed by atoms with E-state index in [4.69, 9.17) is 0 Å². The summed E-state index contributed by atoms with van der Waals surface area (Å²) in [4.78, 5) is 4.13. The lowest BCUT2D eigenvalue weighted by Gasteiger charge is -2.18. The van der Waals surface area contributed by atoms with Gasteiger partial charge >= 0.3 is 6.18 Å². The topological polar surface area (TPSA) is 63.5 Å². The maximum atomic E-state index is 12.0. The van der Waals surface area contributed by atoms with Crippen molar-refractivity contribution in [3.8, 4) is 0 Å². The Bertz CT molecular complexity index is 569. The van der Waals surface area contributed by atoms with E-state index in [1.165, 1.54) is 5.56 Å². The van der Waals surface area contributed by atoms with Gasteiger partial charge in [-0.25, -0.2) is 0 Å². The third kappa shape index (κ3) is 7.76. The monoisotopic (exact) mass is 363 g/mol. The van der Waals surface area contributed by atoms with Crippen LogP contribution in [0, 0.1) is 13.8 Å². The summed E-state index contributed by atoms with van der Waals surface area (Å²) in [5.41, 5.74) is 3.35. The molecular weight excluding hydrogens is 335 g/mol. The van der Waals surface area contributed by atoms with E-state index in [9.17, 15) is 13.2 Å². The van der Waals surface area contributed by atoms with E-state index in [2.05, 4.69) is 25.5 Å². The van der Waals surface area contributed by atoms with Gasteiger partial charge in [0.2, 0.25) is 0 Å². The molecule has 0 aliphatic carbocycles. The van der Waals surface area contributed by atoms with Crippen LogP contribution in [-0.4, -0.2) is 54.8 Å². The van der Waals surface area contributed by atoms with Crippen LogP contribution in [-0.2, 0) is 18.2 Å². The molecule has 25 heavy (non-hydrogen) atoms. The van der Waals surface area contributed by atoms with Crippen LogP contribution in [0.4, 0.5) is 13.2 Å². The average molecular weight is 363 g/mol. The molecule has 9 heteroatoms. The Morgan fingerprint density at radius 3 is 2.56 bits per heavy atom. The minimum atomic E-state index is -4.27. The largest absolute Gasteiger partial charge is 0.411 e. The SMILES string of the molecule is CN=C(NCCCOCC(F)(F)F)NC(C)Cc1c(C)nn(C)c1C. The number of hydrogen-bond donors (Lipinski definition) is 2. The quantitative estimate of drug-likeness (QED) is 0.422. The molecule has 2 N–H and O–H groups in total. The first-order valence-corrected chi connectivity index (χ1v) is 8.24. The molecule has 0 aromatic carbocycles. The number of nitrogens with one attached hydrogen (secondary N) is 2. The number of halogens is 3. The summed E-state index contributed by atoms with van der Waals surface area (Å²) in [6.07, 6.45) is -3.00. The van der Waals surface area contributed by atoms with E-state index in [0.717, 1.165) is 17.8 Å². The highest BCUT2D eigenvalue weighted by molar-refractivity contribution is 5.79. The van der Waals surface area contributed by atoms with Crippen LogP contribution in [0.2, 0.25) is 0 Å². The van der Waals surface area contributed by atoms with Gasteiger partial charge in [-0.15, -0.1) is 0 Å². The molecule has 0 amide bonds. The third-order valence-corrected chi connectivity index (χ3v) is 3.80. The van der Waals surface area contributed by atoms with Gasteiger partial charge < -0.3 is 15.4 Å². The second-order valence-electron chi connectivity index (χ2n) is 6.04. The summed E-state index contributed by atoms with van der Waals surface area (Å²) in [6.45, 7) is 5.40. The first-order chi connectivity index (χ1) is 11.6. The van der Waals surface area contributed by atoms with Gasteiger partial charge in [0.15, 0.2) is 5.96 Å². The predicted molar refractivity (Wildman–Crippen MR) is 91.8 cm³/mol. The van der Waals surface area contributed by atoms with Gasteiger partial charge in [-0.05, 0) is 39.2 Å². The zero-order chi connectivity index (χ0) is 19.0. The van der Waals surface area contributed by atoms with Gasteiger partial charge in [0.25, 0.3) is 0 Å². The molecule has 1 unspecified atom stereocenters. The average Bonchev–Trinajstić information content (AvgIpc) is 2.74. The van der Waals surface area contributed by atoms with Crippen molar-refractivity contribution in [2.24, 2.45) is 12.0 Å². The maximum absolute atomic E-state index is 12.0. The number of aryl methyl sites for hydroxylation is 2. The van der Waals surface area contributed by atoms with E-state index in [0.29, 0.717) is 18.9 Å². The molecule has 1 rings (SSSR count). The molecule has 144 valence electrons. The van der Waals surface area contributed by atoms with Gasteiger partial charge in [-0.1, -0.05) is 0 Å². The Kier molecular flexibility index (Phi) is 8.21. The number of guanidine groups is 1. The molecule has 0 fully saturated rings. The summed E-state index contributed by atoms with van der Waals surface area (Å²) in [7, 11) is 3.58. The Morgan fingerprint density at radius 1 is 1.36 bits per heavy atom. The fraction of sp³-hybridized carbons (Fsp3) is 0.750. The molecule has 0 saturated carbocycles. The fourth-order valence-electron chi connectivity index (χ4n) is 2.47. The Morgan fingerprint density at radius 2 is 2.04 bits per heavy atom. The van der Waals surface area contributed by atoms with Crippen LogP contribution < -0.4 is 10.6 Å². The standard InChI is InChI=1S/C16H28F3N5O/c1-11(9-14-12(2)23-24(5)13(14)3)22-15(20-4)21-7-6-8-25-10-16(17,18)19/h11H,6-10H2,1-5H3,(H2,20,21,22). The fourth-order valence-corrected chi connectivity index (χ4v) is 2.47. The molecule has 0 saturated heterocycles. The van der Waals surface area contributed by atoms with Crippen molar-refractivity contribution in [1.29, 1.82) is 0 Å². The highest BCUT2D eigenvalue weighted by Crippen LogP contribution is 2.15. The first-order valence-electron chi connectivity index (χ1n) is 8.24. The van der Waals surface area contributed by atoms with Crippen molar-refractivity contribution in [3.05, 3.63) is 17.0 Å². The van der Waals surface area contributed by atoms with Crippen LogP contribution in [0.1, 0.15) is 30.3 Å². The molecule has 0 aliphatic heterocycles. The number of aliphatic imine (C=N–C) groups is 1. The van der Waals surface area contributed by atoms with Crippen LogP contribution >= 0.6 is 0 Å². The van der Waals surface area contributed by atoms with E-state index >= 15 is 0 Å². The molecule has 6 nitrogen and oxygen atoms in total. The molecule has 1 aromatic heterocycles. The molecule has 1 aromatic rings. The number of ether oxygens (including phenoxy) is 1. The zero-order valence-corrected chi connectivity index (χ0v) is 15.5. The van der Waals surface area contributed by atoms with Gasteiger partial charge in [-0.3, -0.25) is 9.67 Å². The highest BCUT2D eigenvalue weighted by atomic mass is 19.4. The van der Waals surface area contributed by atoms with Gasteiger partial charge in [0, 0.05) is 39.0 Å². The second-order valence-corrected chi connectivity index (χ2v) is 6.04. The van der Waals surface area contributed by atoms with Crippen molar-refractivity contribution in [3.63, 3.8) is 0 Å². The minimum Gasteiger partial charge on any atom is -0.372 e. The Hall–Kier alpha value is -1.77. The van der Waals surface area contributed by atoms with E-state index in [-0.39, 0.29) is 12.6 Å². The van der Waals surface area contributed by atoms with Crippen molar-refractivity contribution >= 4 is 5.96 Å². The molecule has 1 heterocycles. The molecule has 0 aliphatic rings. The molecule has 0 radical (unpaired) electrons. The summed E-state index contributed by atoms with van der Waals surface area (Å²) in [5.74, 6) is 0.613. The van der Waals surface area contributed by atoms with Gasteiger partial charge in [0.1, 0.15) is 6.61 Å². The lowest BCUT2D eigenvalue weighted by Crippen LogP contribution is -2.43. The molecule has 1 atom stereocenters. The summed E-state index contributed by atoms with van der Waals surface area (Å²) >= 11 is 0. The molecule has 0 bridgehead atoms. The summed E-state index contributed by atoms with van der Waals surface area (Å²) in [5, 5.41) is 10.8. The summed E-state index contributed by atoms with van der Waals surface area (Å²) < 4.78 is 42.3. The van der Waals surface area contributed by atoms with Crippen molar-refractivity contribution in [2.45, 2.75) is 45.8 Å². The number of rotatable bonds is 8. The Labute approximate surface area is 146 Å². The highest BCUT2D eigenvalue weighted by Gasteiger charge is 2.27. The summed E-state index contributed by atoms with van der Waals surface area (Å²) in [6, 6.07) is 0.134. The van der Waals surface area contributed by atoms with Gasteiger partial charge in [0.05, 0.1) is 5.69 Å². The van der Waals surface area contributed by atoms with Crippen LogP contribution in [0.3, 0.4) is 0 Å². The normalized spacial score (nSPS) is 13.8. The lowest BCUT2D eigenvalue weighted by molar-refractivity contribution is -0.173. The number of hydrogen-bond acceptors (Lipinski definition) is 3. The zero-order valence-electron chi connectivity index (χ0n) is 15.5. The number of nitrogens with zero attached hydrogens (tertiary/aromatic N) is 3. The first kappa shape index (κ1) is 21.3. The lowest BCUT2D eigenvalue weighted by atomic mass is 10.1. The predicted octanol–water partition coefficient (Wildman–Crippen LogP) is 2.10. The van der Waals surface area contributed by atoms with Gasteiger partial charge in [-0.2, -0.15) is 18.3 Å². The smallest absolute Gasteiger partial charge is 0.372 e.